The number of hydrogen-bond acceptors (Lipinski definition) is 3. The Labute approximate surface area is 101 Å². The molecule has 0 radical (unpaired) electrons. The highest BCUT2D eigenvalue weighted by atomic mass is 16.5. The Kier molecular flexibility index (Phi) is 3.19. The molecule has 0 saturated carbocycles. The second-order valence-electron chi connectivity index (χ2n) is 3.75. The first-order valence-electron chi connectivity index (χ1n) is 5.38. The Balaban J connectivity index is 2.36. The predicted octanol–water partition coefficient (Wildman–Crippen LogP) is 3.17. The van der Waals surface area contributed by atoms with Gasteiger partial charge in [-0.15, -0.1) is 0 Å². The highest BCUT2D eigenvalue weighted by Crippen LogP contribution is 2.32. The zero-order valence-corrected chi connectivity index (χ0v) is 9.92. The van der Waals surface area contributed by atoms with Gasteiger partial charge >= 0.3 is 0 Å². The number of phenolic OH excluding ortho intramolecular Hbond substituents is 1. The van der Waals surface area contributed by atoms with Gasteiger partial charge in [0.25, 0.3) is 0 Å². The van der Waals surface area contributed by atoms with Crippen LogP contribution in [-0.2, 0) is 0 Å². The molecule has 0 bridgehead atoms. The zero-order chi connectivity index (χ0) is 12.3. The second-order valence-corrected chi connectivity index (χ2v) is 3.75. The number of phenols is 1. The third-order valence-electron chi connectivity index (χ3n) is 2.68. The molecule has 3 nitrogen and oxygen atoms in total. The molecular weight excluding hydrogens is 214 g/mol. The van der Waals surface area contributed by atoms with Crippen LogP contribution in [0.25, 0.3) is 0 Å². The summed E-state index contributed by atoms with van der Waals surface area (Å²) < 4.78 is 5.32. The Hall–Kier alpha value is -2.16. The van der Waals surface area contributed by atoms with Gasteiger partial charge in [0.15, 0.2) is 0 Å². The number of anilines is 2. The first kappa shape index (κ1) is 11.3. The first-order valence-corrected chi connectivity index (χ1v) is 5.38. The van der Waals surface area contributed by atoms with Gasteiger partial charge in [0.1, 0.15) is 11.5 Å². The van der Waals surface area contributed by atoms with Crippen LogP contribution >= 0.6 is 0 Å². The van der Waals surface area contributed by atoms with Gasteiger partial charge in [-0.3, -0.25) is 0 Å². The van der Waals surface area contributed by atoms with Crippen LogP contribution in [0.1, 0.15) is 0 Å². The van der Waals surface area contributed by atoms with Gasteiger partial charge in [-0.05, 0) is 36.4 Å². The minimum atomic E-state index is 0.266. The summed E-state index contributed by atoms with van der Waals surface area (Å²) in [5.74, 6) is 1.09. The maximum atomic E-state index is 9.27. The van der Waals surface area contributed by atoms with E-state index in [-0.39, 0.29) is 5.75 Å². The Morgan fingerprint density at radius 2 is 1.65 bits per heavy atom. The third kappa shape index (κ3) is 2.33. The van der Waals surface area contributed by atoms with E-state index in [9.17, 15) is 5.11 Å². The molecule has 0 saturated heterocycles. The van der Waals surface area contributed by atoms with E-state index in [0.29, 0.717) is 0 Å². The fourth-order valence-electron chi connectivity index (χ4n) is 1.72. The highest BCUT2D eigenvalue weighted by Gasteiger charge is 2.08. The van der Waals surface area contributed by atoms with Crippen LogP contribution in [0.4, 0.5) is 11.4 Å². The maximum absolute atomic E-state index is 9.27. The molecule has 0 amide bonds. The van der Waals surface area contributed by atoms with Crippen molar-refractivity contribution in [3.05, 3.63) is 48.5 Å². The van der Waals surface area contributed by atoms with E-state index in [0.717, 1.165) is 17.1 Å². The molecule has 0 unspecified atom stereocenters. The molecule has 0 atom stereocenters. The molecule has 0 aliphatic heterocycles. The Bertz CT molecular complexity index is 494. The van der Waals surface area contributed by atoms with Crippen LogP contribution in [0, 0.1) is 0 Å². The summed E-state index contributed by atoms with van der Waals surface area (Å²) >= 11 is 0. The molecule has 1 N–H and O–H groups in total. The number of methoxy groups -OCH3 is 1. The van der Waals surface area contributed by atoms with Crippen LogP contribution in [0.15, 0.2) is 48.5 Å². The van der Waals surface area contributed by atoms with Crippen LogP contribution < -0.4 is 9.64 Å². The number of rotatable bonds is 3. The molecular formula is C14H15NO2. The Morgan fingerprint density at radius 3 is 2.29 bits per heavy atom. The second kappa shape index (κ2) is 4.78. The lowest BCUT2D eigenvalue weighted by molar-refractivity contribution is 0.415. The fourth-order valence-corrected chi connectivity index (χ4v) is 1.72. The van der Waals surface area contributed by atoms with Crippen molar-refractivity contribution in [1.29, 1.82) is 0 Å². The predicted molar refractivity (Wildman–Crippen MR) is 69.2 cm³/mol. The minimum Gasteiger partial charge on any atom is -0.508 e. The topological polar surface area (TPSA) is 32.7 Å². The average Bonchev–Trinajstić information content (AvgIpc) is 2.39. The zero-order valence-electron chi connectivity index (χ0n) is 9.92. The monoisotopic (exact) mass is 229 g/mol. The van der Waals surface area contributed by atoms with Crippen LogP contribution in [-0.4, -0.2) is 19.3 Å². The lowest BCUT2D eigenvalue weighted by Crippen LogP contribution is -2.10. The first-order chi connectivity index (χ1) is 8.22. The lowest BCUT2D eigenvalue weighted by atomic mass is 10.2. The molecule has 0 spiro atoms. The molecule has 0 heterocycles. The standard InChI is InChI=1S/C14H15NO2/c1-15(11-7-9-12(16)10-8-11)13-5-3-4-6-14(13)17-2/h3-10,16H,1-2H3. The largest absolute Gasteiger partial charge is 0.508 e. The molecule has 3 heteroatoms. The summed E-state index contributed by atoms with van der Waals surface area (Å²) in [5, 5.41) is 9.27. The van der Waals surface area contributed by atoms with E-state index >= 15 is 0 Å². The molecule has 0 aliphatic carbocycles. The SMILES string of the molecule is COc1ccccc1N(C)c1ccc(O)cc1. The number of ether oxygens (including phenoxy) is 1. The lowest BCUT2D eigenvalue weighted by Gasteiger charge is -2.21. The van der Waals surface area contributed by atoms with Crippen molar-refractivity contribution >= 4 is 11.4 Å². The van der Waals surface area contributed by atoms with Gasteiger partial charge in [0, 0.05) is 12.7 Å². The average molecular weight is 229 g/mol. The van der Waals surface area contributed by atoms with Crippen molar-refractivity contribution in [1.82, 2.24) is 0 Å². The van der Waals surface area contributed by atoms with E-state index < -0.39 is 0 Å². The smallest absolute Gasteiger partial charge is 0.142 e. The molecule has 2 aromatic rings. The van der Waals surface area contributed by atoms with E-state index in [4.69, 9.17) is 4.74 Å². The molecule has 0 aromatic heterocycles. The van der Waals surface area contributed by atoms with Crippen molar-refractivity contribution in [2.75, 3.05) is 19.1 Å². The van der Waals surface area contributed by atoms with E-state index in [1.807, 2.05) is 48.3 Å². The maximum Gasteiger partial charge on any atom is 0.142 e. The molecule has 88 valence electrons. The summed E-state index contributed by atoms with van der Waals surface area (Å²) in [6.07, 6.45) is 0. The summed E-state index contributed by atoms with van der Waals surface area (Å²) in [4.78, 5) is 2.01. The van der Waals surface area contributed by atoms with Gasteiger partial charge in [0.2, 0.25) is 0 Å². The third-order valence-corrected chi connectivity index (χ3v) is 2.68. The minimum absolute atomic E-state index is 0.266. The van der Waals surface area contributed by atoms with Crippen LogP contribution in [0.5, 0.6) is 11.5 Å². The molecule has 0 fully saturated rings. The van der Waals surface area contributed by atoms with Gasteiger partial charge in [-0.25, -0.2) is 0 Å². The van der Waals surface area contributed by atoms with Gasteiger partial charge in [0.05, 0.1) is 12.8 Å². The number of nitrogens with zero attached hydrogens (tertiary/aromatic N) is 1. The van der Waals surface area contributed by atoms with E-state index in [1.165, 1.54) is 0 Å². The van der Waals surface area contributed by atoms with Gasteiger partial charge in [-0.1, -0.05) is 12.1 Å². The summed E-state index contributed by atoms with van der Waals surface area (Å²) in [7, 11) is 3.62. The van der Waals surface area contributed by atoms with Crippen LogP contribution in [0.2, 0.25) is 0 Å². The van der Waals surface area contributed by atoms with Crippen molar-refractivity contribution in [3.8, 4) is 11.5 Å². The molecule has 2 rings (SSSR count). The summed E-state index contributed by atoms with van der Waals surface area (Å²) in [6.45, 7) is 0. The fraction of sp³-hybridized carbons (Fsp3) is 0.143. The summed E-state index contributed by atoms with van der Waals surface area (Å²) in [5.41, 5.74) is 1.98. The summed E-state index contributed by atoms with van der Waals surface area (Å²) in [6, 6.07) is 14.9. The highest BCUT2D eigenvalue weighted by molar-refractivity contribution is 5.68. The van der Waals surface area contributed by atoms with Crippen molar-refractivity contribution in [2.45, 2.75) is 0 Å². The van der Waals surface area contributed by atoms with E-state index in [2.05, 4.69) is 0 Å². The number of aromatic hydroxyl groups is 1. The quantitative estimate of drug-likeness (QED) is 0.877. The van der Waals surface area contributed by atoms with Gasteiger partial charge < -0.3 is 14.7 Å². The molecule has 0 aliphatic rings. The normalized spacial score (nSPS) is 10.0. The van der Waals surface area contributed by atoms with Crippen molar-refractivity contribution < 1.29 is 9.84 Å². The van der Waals surface area contributed by atoms with Crippen LogP contribution in [0.3, 0.4) is 0 Å². The van der Waals surface area contributed by atoms with E-state index in [1.54, 1.807) is 19.2 Å². The van der Waals surface area contributed by atoms with Gasteiger partial charge in [-0.2, -0.15) is 0 Å². The number of benzene rings is 2. The number of para-hydroxylation sites is 2. The molecule has 2 aromatic carbocycles. The Morgan fingerprint density at radius 1 is 1.00 bits per heavy atom. The van der Waals surface area contributed by atoms with Crippen molar-refractivity contribution in [3.63, 3.8) is 0 Å². The van der Waals surface area contributed by atoms with Crippen molar-refractivity contribution in [2.24, 2.45) is 0 Å². The number of hydrogen-bond donors (Lipinski definition) is 1. The molecule has 17 heavy (non-hydrogen) atoms.